The van der Waals surface area contributed by atoms with Gasteiger partial charge in [0.25, 0.3) is 0 Å². The molecule has 3 nitrogen and oxygen atoms in total. The molecule has 0 saturated heterocycles. The molecule has 2 N–H and O–H groups in total. The lowest BCUT2D eigenvalue weighted by Gasteiger charge is -2.05. The molecule has 3 heteroatoms. The standard InChI is InChI=1S/C7H16N2O.C3H8.C2H6/c1-6(2)7(10)9-5-4-8-3;1-3-2;1-2/h6,8H,4-5H2,1-3H3,(H,9,10);3H2,1-2H3;1-2H3. The second kappa shape index (κ2) is 19.1. The van der Waals surface area contributed by atoms with E-state index in [9.17, 15) is 4.79 Å². The summed E-state index contributed by atoms with van der Waals surface area (Å²) >= 11 is 0. The van der Waals surface area contributed by atoms with Crippen LogP contribution in [0.5, 0.6) is 0 Å². The van der Waals surface area contributed by atoms with E-state index in [1.165, 1.54) is 6.42 Å². The zero-order valence-electron chi connectivity index (χ0n) is 11.6. The van der Waals surface area contributed by atoms with Crippen molar-refractivity contribution in [2.45, 2.75) is 48.0 Å². The maximum atomic E-state index is 10.9. The highest BCUT2D eigenvalue weighted by molar-refractivity contribution is 5.77. The lowest BCUT2D eigenvalue weighted by atomic mass is 10.2. The van der Waals surface area contributed by atoms with Crippen LogP contribution in [0.2, 0.25) is 0 Å². The predicted molar refractivity (Wildman–Crippen MR) is 69.1 cm³/mol. The summed E-state index contributed by atoms with van der Waals surface area (Å²) in [6.45, 7) is 13.6. The van der Waals surface area contributed by atoms with E-state index in [4.69, 9.17) is 0 Å². The van der Waals surface area contributed by atoms with E-state index < -0.39 is 0 Å². The fraction of sp³-hybridized carbons (Fsp3) is 0.917. The molecule has 0 aromatic heterocycles. The average Bonchev–Trinajstić information content (AvgIpc) is 2.22. The number of nitrogens with one attached hydrogen (secondary N) is 2. The summed E-state index contributed by atoms with van der Waals surface area (Å²) in [4.78, 5) is 10.9. The molecule has 0 fully saturated rings. The largest absolute Gasteiger partial charge is 0.355 e. The molecule has 0 aromatic carbocycles. The Labute approximate surface area is 96.0 Å². The van der Waals surface area contributed by atoms with Crippen LogP contribution < -0.4 is 10.6 Å². The third-order valence-corrected chi connectivity index (χ3v) is 1.20. The molecule has 15 heavy (non-hydrogen) atoms. The second-order valence-corrected chi connectivity index (χ2v) is 3.26. The Bertz CT molecular complexity index is 114. The molecule has 0 aliphatic heterocycles. The number of hydrogen-bond acceptors (Lipinski definition) is 2. The van der Waals surface area contributed by atoms with E-state index in [0.29, 0.717) is 6.54 Å². The first-order valence-electron chi connectivity index (χ1n) is 6.02. The number of carbonyl (C=O) groups excluding carboxylic acids is 1. The van der Waals surface area contributed by atoms with Gasteiger partial charge in [-0.15, -0.1) is 0 Å². The molecular weight excluding hydrogens is 188 g/mol. The Hall–Kier alpha value is -0.570. The van der Waals surface area contributed by atoms with Crippen LogP contribution in [0.4, 0.5) is 0 Å². The Morgan fingerprint density at radius 2 is 1.53 bits per heavy atom. The molecule has 0 rings (SSSR count). The number of carbonyl (C=O) groups is 1. The summed E-state index contributed by atoms with van der Waals surface area (Å²) in [5.41, 5.74) is 0. The van der Waals surface area contributed by atoms with Crippen molar-refractivity contribution in [1.82, 2.24) is 10.6 Å². The van der Waals surface area contributed by atoms with Crippen LogP contribution in [0, 0.1) is 5.92 Å². The summed E-state index contributed by atoms with van der Waals surface area (Å²) < 4.78 is 0. The monoisotopic (exact) mass is 218 g/mol. The summed E-state index contributed by atoms with van der Waals surface area (Å²) in [6, 6.07) is 0. The molecule has 0 radical (unpaired) electrons. The van der Waals surface area contributed by atoms with Gasteiger partial charge in [0.05, 0.1) is 0 Å². The lowest BCUT2D eigenvalue weighted by Crippen LogP contribution is -2.33. The maximum absolute atomic E-state index is 10.9. The van der Waals surface area contributed by atoms with Gasteiger partial charge < -0.3 is 10.6 Å². The molecule has 0 bridgehead atoms. The summed E-state index contributed by atoms with van der Waals surface area (Å²) in [5, 5.41) is 5.73. The first-order valence-corrected chi connectivity index (χ1v) is 6.02. The van der Waals surface area contributed by atoms with E-state index >= 15 is 0 Å². The predicted octanol–water partition coefficient (Wildman–Crippen LogP) is 2.42. The van der Waals surface area contributed by atoms with Gasteiger partial charge in [0.15, 0.2) is 0 Å². The molecule has 1 amide bonds. The van der Waals surface area contributed by atoms with Crippen molar-refractivity contribution >= 4 is 5.91 Å². The van der Waals surface area contributed by atoms with Crippen LogP contribution >= 0.6 is 0 Å². The second-order valence-electron chi connectivity index (χ2n) is 3.26. The van der Waals surface area contributed by atoms with Gasteiger partial charge in [-0.1, -0.05) is 48.0 Å². The van der Waals surface area contributed by atoms with E-state index in [2.05, 4.69) is 24.5 Å². The van der Waals surface area contributed by atoms with Crippen LogP contribution in [0.15, 0.2) is 0 Å². The third-order valence-electron chi connectivity index (χ3n) is 1.20. The first-order chi connectivity index (χ1) is 7.09. The summed E-state index contributed by atoms with van der Waals surface area (Å²) in [5.74, 6) is 0.215. The highest BCUT2D eigenvalue weighted by atomic mass is 16.1. The van der Waals surface area contributed by atoms with Crippen LogP contribution in [0.3, 0.4) is 0 Å². The van der Waals surface area contributed by atoms with Gasteiger partial charge in [0.1, 0.15) is 0 Å². The number of hydrogen-bond donors (Lipinski definition) is 2. The molecule has 0 atom stereocenters. The van der Waals surface area contributed by atoms with Gasteiger partial charge in [-0.3, -0.25) is 4.79 Å². The van der Waals surface area contributed by atoms with Crippen molar-refractivity contribution in [3.8, 4) is 0 Å². The van der Waals surface area contributed by atoms with Gasteiger partial charge in [0, 0.05) is 19.0 Å². The molecule has 0 aliphatic rings. The van der Waals surface area contributed by atoms with Crippen molar-refractivity contribution in [2.24, 2.45) is 5.92 Å². The minimum Gasteiger partial charge on any atom is -0.355 e. The van der Waals surface area contributed by atoms with E-state index in [1.54, 1.807) is 0 Å². The van der Waals surface area contributed by atoms with Gasteiger partial charge in [0.2, 0.25) is 5.91 Å². The Kier molecular flexibility index (Phi) is 25.3. The van der Waals surface area contributed by atoms with E-state index in [-0.39, 0.29) is 11.8 Å². The molecule has 0 aromatic rings. The molecular formula is C12H30N2O. The average molecular weight is 218 g/mol. The molecule has 0 aliphatic carbocycles. The van der Waals surface area contributed by atoms with Crippen LogP contribution in [0.25, 0.3) is 0 Å². The molecule has 0 heterocycles. The third kappa shape index (κ3) is 24.7. The highest BCUT2D eigenvalue weighted by Gasteiger charge is 2.03. The number of amides is 1. The van der Waals surface area contributed by atoms with Gasteiger partial charge in [-0.25, -0.2) is 0 Å². The topological polar surface area (TPSA) is 41.1 Å². The van der Waals surface area contributed by atoms with Gasteiger partial charge >= 0.3 is 0 Å². The summed E-state index contributed by atoms with van der Waals surface area (Å²) in [7, 11) is 1.86. The number of rotatable bonds is 4. The van der Waals surface area contributed by atoms with Crippen molar-refractivity contribution in [3.05, 3.63) is 0 Å². The lowest BCUT2D eigenvalue weighted by molar-refractivity contribution is -0.123. The van der Waals surface area contributed by atoms with Crippen molar-refractivity contribution in [1.29, 1.82) is 0 Å². The Morgan fingerprint density at radius 1 is 1.13 bits per heavy atom. The minimum atomic E-state index is 0.0943. The zero-order chi connectivity index (χ0) is 12.7. The zero-order valence-corrected chi connectivity index (χ0v) is 11.6. The van der Waals surface area contributed by atoms with E-state index in [1.807, 2.05) is 34.7 Å². The quantitative estimate of drug-likeness (QED) is 0.712. The Balaban J connectivity index is -0.000000245. The molecule has 94 valence electrons. The minimum absolute atomic E-state index is 0.0943. The number of likely N-dealkylation sites (N-methyl/N-ethyl adjacent to an activating group) is 1. The molecule has 0 unspecified atom stereocenters. The van der Waals surface area contributed by atoms with Gasteiger partial charge in [-0.2, -0.15) is 0 Å². The SMILES string of the molecule is CC.CCC.CNCCNC(=O)C(C)C. The van der Waals surface area contributed by atoms with Gasteiger partial charge in [-0.05, 0) is 7.05 Å². The Morgan fingerprint density at radius 3 is 1.80 bits per heavy atom. The van der Waals surface area contributed by atoms with Crippen molar-refractivity contribution < 1.29 is 4.79 Å². The van der Waals surface area contributed by atoms with Crippen LogP contribution in [-0.2, 0) is 4.79 Å². The van der Waals surface area contributed by atoms with Crippen molar-refractivity contribution in [2.75, 3.05) is 20.1 Å². The van der Waals surface area contributed by atoms with Crippen molar-refractivity contribution in [3.63, 3.8) is 0 Å². The smallest absolute Gasteiger partial charge is 0.222 e. The fourth-order valence-corrected chi connectivity index (χ4v) is 0.515. The summed E-state index contributed by atoms with van der Waals surface area (Å²) in [6.07, 6.45) is 1.25. The first kappa shape index (κ1) is 19.9. The van der Waals surface area contributed by atoms with Crippen LogP contribution in [0.1, 0.15) is 48.0 Å². The fourth-order valence-electron chi connectivity index (χ4n) is 0.515. The maximum Gasteiger partial charge on any atom is 0.222 e. The molecule has 0 spiro atoms. The van der Waals surface area contributed by atoms with E-state index in [0.717, 1.165) is 6.54 Å². The molecule has 0 saturated carbocycles. The normalized spacial score (nSPS) is 8.27. The highest BCUT2D eigenvalue weighted by Crippen LogP contribution is 1.88. The van der Waals surface area contributed by atoms with Crippen LogP contribution in [-0.4, -0.2) is 26.0 Å².